The Morgan fingerprint density at radius 1 is 0.471 bits per heavy atom. The molecule has 0 rings (SSSR count). The van der Waals surface area contributed by atoms with Crippen LogP contribution in [0.25, 0.3) is 0 Å². The highest BCUT2D eigenvalue weighted by atomic mass is 31.2. The minimum Gasteiger partial charge on any atom is -0.756 e. The first kappa shape index (κ1) is 65.5. The van der Waals surface area contributed by atoms with Crippen LogP contribution in [0.2, 0.25) is 0 Å². The lowest BCUT2D eigenvalue weighted by Gasteiger charge is -2.28. The highest BCUT2D eigenvalue weighted by Gasteiger charge is 2.21. The maximum Gasteiger partial charge on any atom is 0.306 e. The summed E-state index contributed by atoms with van der Waals surface area (Å²) in [6.07, 6.45) is 63.6. The van der Waals surface area contributed by atoms with E-state index in [-0.39, 0.29) is 32.0 Å². The first-order valence-electron chi connectivity index (χ1n) is 27.6. The standard InChI is InChI=1S/C58H104NO8P/c1-6-8-10-12-14-16-18-20-22-24-25-26-27-28-29-30-31-32-33-35-37-39-41-43-45-47-49-51-58(61)67-56(55-66-68(62,63)65-53-52-59(3,4)5)54-64-57(60)50-48-46-44-42-40-38-36-34-23-21-19-17-15-13-11-9-7-2/h8,10,14,16,20-23,25-26,28-29,56H,6-7,9,11-13,15,17-19,24,27,30-55H2,1-5H3/b10-8-,16-14-,22-20-,23-21-,26-25-,29-28-. The smallest absolute Gasteiger partial charge is 0.306 e. The molecule has 0 aromatic heterocycles. The fraction of sp³-hybridized carbons (Fsp3) is 0.759. The Kier molecular flexibility index (Phi) is 47.6. The van der Waals surface area contributed by atoms with Gasteiger partial charge in [-0.1, -0.05) is 209 Å². The van der Waals surface area contributed by atoms with Gasteiger partial charge in [-0.25, -0.2) is 0 Å². The molecule has 9 nitrogen and oxygen atoms in total. The summed E-state index contributed by atoms with van der Waals surface area (Å²) in [6, 6.07) is 0. The van der Waals surface area contributed by atoms with E-state index in [4.69, 9.17) is 18.5 Å². The molecule has 0 N–H and O–H groups in total. The molecule has 394 valence electrons. The van der Waals surface area contributed by atoms with Gasteiger partial charge in [-0.2, -0.15) is 0 Å². The molecule has 0 aromatic carbocycles. The van der Waals surface area contributed by atoms with Gasteiger partial charge in [0.25, 0.3) is 7.82 Å². The van der Waals surface area contributed by atoms with E-state index in [1.54, 1.807) is 0 Å². The lowest BCUT2D eigenvalue weighted by molar-refractivity contribution is -0.870. The van der Waals surface area contributed by atoms with Gasteiger partial charge in [0.1, 0.15) is 19.8 Å². The fourth-order valence-electron chi connectivity index (χ4n) is 7.44. The second-order valence-corrected chi connectivity index (χ2v) is 21.0. The molecule has 0 aliphatic carbocycles. The van der Waals surface area contributed by atoms with Gasteiger partial charge in [0.2, 0.25) is 0 Å². The van der Waals surface area contributed by atoms with Crippen LogP contribution in [0.1, 0.15) is 232 Å². The number of hydrogen-bond acceptors (Lipinski definition) is 8. The van der Waals surface area contributed by atoms with Gasteiger partial charge in [-0.3, -0.25) is 14.2 Å². The summed E-state index contributed by atoms with van der Waals surface area (Å²) in [7, 11) is 1.16. The lowest BCUT2D eigenvalue weighted by atomic mass is 10.0. The predicted molar refractivity (Wildman–Crippen MR) is 286 cm³/mol. The molecule has 10 heteroatoms. The Labute approximate surface area is 418 Å². The van der Waals surface area contributed by atoms with Crippen LogP contribution >= 0.6 is 7.82 Å². The summed E-state index contributed by atoms with van der Waals surface area (Å²) < 4.78 is 34.1. The number of carbonyl (C=O) groups is 2. The quantitative estimate of drug-likeness (QED) is 0.0195. The largest absolute Gasteiger partial charge is 0.756 e. The first-order valence-corrected chi connectivity index (χ1v) is 29.1. The van der Waals surface area contributed by atoms with Crippen LogP contribution < -0.4 is 4.89 Å². The van der Waals surface area contributed by atoms with E-state index >= 15 is 0 Å². The number of unbranched alkanes of at least 4 members (excludes halogenated alkanes) is 24. The number of ether oxygens (including phenoxy) is 2. The third kappa shape index (κ3) is 52.8. The van der Waals surface area contributed by atoms with Crippen molar-refractivity contribution in [2.75, 3.05) is 47.5 Å². The van der Waals surface area contributed by atoms with E-state index in [1.807, 2.05) is 21.1 Å². The molecule has 2 unspecified atom stereocenters. The normalized spacial score (nSPS) is 13.9. The van der Waals surface area contributed by atoms with Crippen LogP contribution in [0, 0.1) is 0 Å². The van der Waals surface area contributed by atoms with Crippen molar-refractivity contribution in [2.24, 2.45) is 0 Å². The summed E-state index contributed by atoms with van der Waals surface area (Å²) in [4.78, 5) is 37.8. The summed E-state index contributed by atoms with van der Waals surface area (Å²) >= 11 is 0. The highest BCUT2D eigenvalue weighted by molar-refractivity contribution is 7.45. The van der Waals surface area contributed by atoms with Gasteiger partial charge >= 0.3 is 11.9 Å². The van der Waals surface area contributed by atoms with Gasteiger partial charge in [0.05, 0.1) is 27.7 Å². The van der Waals surface area contributed by atoms with Gasteiger partial charge in [0, 0.05) is 12.8 Å². The van der Waals surface area contributed by atoms with Crippen LogP contribution in [-0.2, 0) is 32.7 Å². The van der Waals surface area contributed by atoms with Crippen molar-refractivity contribution in [3.8, 4) is 0 Å². The van der Waals surface area contributed by atoms with Crippen LogP contribution in [-0.4, -0.2) is 70.0 Å². The van der Waals surface area contributed by atoms with Crippen molar-refractivity contribution in [1.82, 2.24) is 0 Å². The van der Waals surface area contributed by atoms with Gasteiger partial charge in [-0.05, 0) is 83.5 Å². The van der Waals surface area contributed by atoms with Gasteiger partial charge < -0.3 is 27.9 Å². The molecule has 0 aliphatic heterocycles. The average Bonchev–Trinajstić information content (AvgIpc) is 3.30. The van der Waals surface area contributed by atoms with Crippen LogP contribution in [0.3, 0.4) is 0 Å². The molecule has 0 radical (unpaired) electrons. The molecule has 0 heterocycles. The molecule has 0 saturated heterocycles. The molecule has 0 amide bonds. The SMILES string of the molecule is CC/C=C\C/C=C\C/C=C\C/C=C\C/C=C\CCCCCCCCCCCCCC(=O)OC(COC(=O)CCCCCCCCC/C=C\CCCCCCCC)COP(=O)([O-])OCC[N+](C)(C)C. The number of carbonyl (C=O) groups excluding carboxylic acids is 2. The van der Waals surface area contributed by atoms with Crippen molar-refractivity contribution >= 4 is 19.8 Å². The Hall–Kier alpha value is -2.55. The van der Waals surface area contributed by atoms with Crippen molar-refractivity contribution in [1.29, 1.82) is 0 Å². The molecular weight excluding hydrogens is 870 g/mol. The third-order valence-electron chi connectivity index (χ3n) is 11.7. The number of nitrogens with zero attached hydrogens (tertiary/aromatic N) is 1. The second-order valence-electron chi connectivity index (χ2n) is 19.6. The topological polar surface area (TPSA) is 111 Å². The second kappa shape index (κ2) is 49.4. The number of likely N-dealkylation sites (N-methyl/N-ethyl adjacent to an activating group) is 1. The number of quaternary nitrogens is 1. The zero-order valence-corrected chi connectivity index (χ0v) is 45.4. The summed E-state index contributed by atoms with van der Waals surface area (Å²) in [6.45, 7) is 4.12. The van der Waals surface area contributed by atoms with Crippen molar-refractivity contribution < 1.29 is 42.1 Å². The van der Waals surface area contributed by atoms with Gasteiger partial charge in [-0.15, -0.1) is 0 Å². The third-order valence-corrected chi connectivity index (χ3v) is 12.7. The molecule has 0 bridgehead atoms. The van der Waals surface area contributed by atoms with E-state index in [0.29, 0.717) is 17.4 Å². The summed E-state index contributed by atoms with van der Waals surface area (Å²) in [5, 5.41) is 0. The average molecular weight is 974 g/mol. The molecule has 0 aromatic rings. The van der Waals surface area contributed by atoms with E-state index in [2.05, 4.69) is 86.8 Å². The maximum atomic E-state index is 12.8. The predicted octanol–water partition coefficient (Wildman–Crippen LogP) is 16.3. The highest BCUT2D eigenvalue weighted by Crippen LogP contribution is 2.38. The number of phosphoric acid groups is 1. The zero-order valence-electron chi connectivity index (χ0n) is 44.5. The number of phosphoric ester groups is 1. The first-order chi connectivity index (χ1) is 33.0. The number of hydrogen-bond donors (Lipinski definition) is 0. The van der Waals surface area contributed by atoms with Crippen LogP contribution in [0.15, 0.2) is 72.9 Å². The van der Waals surface area contributed by atoms with Crippen LogP contribution in [0.5, 0.6) is 0 Å². The molecule has 0 fully saturated rings. The maximum absolute atomic E-state index is 12.8. The summed E-state index contributed by atoms with van der Waals surface area (Å²) in [5.74, 6) is -0.840. The Morgan fingerprint density at radius 3 is 1.26 bits per heavy atom. The molecule has 0 aliphatic rings. The van der Waals surface area contributed by atoms with Crippen LogP contribution in [0.4, 0.5) is 0 Å². The van der Waals surface area contributed by atoms with Crippen molar-refractivity contribution in [2.45, 2.75) is 238 Å². The van der Waals surface area contributed by atoms with E-state index in [9.17, 15) is 19.0 Å². The fourth-order valence-corrected chi connectivity index (χ4v) is 8.17. The molecule has 0 spiro atoms. The Balaban J connectivity index is 4.20. The van der Waals surface area contributed by atoms with Crippen molar-refractivity contribution in [3.05, 3.63) is 72.9 Å². The van der Waals surface area contributed by atoms with E-state index in [0.717, 1.165) is 89.9 Å². The van der Waals surface area contributed by atoms with Gasteiger partial charge in [0.15, 0.2) is 6.10 Å². The monoisotopic (exact) mass is 974 g/mol. The molecule has 2 atom stereocenters. The molecular formula is C58H104NO8P. The Morgan fingerprint density at radius 2 is 0.838 bits per heavy atom. The van der Waals surface area contributed by atoms with Crippen molar-refractivity contribution in [3.63, 3.8) is 0 Å². The number of esters is 2. The molecule has 0 saturated carbocycles. The van der Waals surface area contributed by atoms with E-state index in [1.165, 1.54) is 109 Å². The van der Waals surface area contributed by atoms with E-state index < -0.39 is 26.5 Å². The lowest BCUT2D eigenvalue weighted by Crippen LogP contribution is -2.37. The molecule has 68 heavy (non-hydrogen) atoms. The minimum atomic E-state index is -4.64. The zero-order chi connectivity index (χ0) is 49.9. The number of allylic oxidation sites excluding steroid dienone is 12. The minimum absolute atomic E-state index is 0.0343. The number of rotatable bonds is 50. The Bertz CT molecular complexity index is 1380. The summed E-state index contributed by atoms with van der Waals surface area (Å²) in [5.41, 5.74) is 0.